The molecule has 104 valence electrons. The second-order valence-corrected chi connectivity index (χ2v) is 4.39. The van der Waals surface area contributed by atoms with Crippen molar-refractivity contribution in [3.05, 3.63) is 0 Å². The lowest BCUT2D eigenvalue weighted by Gasteiger charge is -2.28. The number of hydrogen-bond acceptors (Lipinski definition) is 4. The van der Waals surface area contributed by atoms with Crippen molar-refractivity contribution in [2.75, 3.05) is 26.8 Å². The van der Waals surface area contributed by atoms with Crippen LogP contribution in [0.4, 0.5) is 4.79 Å². The fraction of sp³-hybridized carbons (Fsp3) is 0.818. The largest absolute Gasteiger partial charge is 0.480 e. The average molecular weight is 260 g/mol. The zero-order valence-corrected chi connectivity index (χ0v) is 10.5. The molecule has 0 aromatic rings. The lowest BCUT2D eigenvalue weighted by molar-refractivity contribution is -0.140. The van der Waals surface area contributed by atoms with Crippen LogP contribution in [0.3, 0.4) is 0 Å². The molecule has 0 saturated carbocycles. The van der Waals surface area contributed by atoms with Crippen LogP contribution in [0.25, 0.3) is 0 Å². The Morgan fingerprint density at radius 3 is 2.72 bits per heavy atom. The smallest absolute Gasteiger partial charge is 0.328 e. The molecule has 2 atom stereocenters. The van der Waals surface area contributed by atoms with Crippen molar-refractivity contribution >= 4 is 12.0 Å². The summed E-state index contributed by atoms with van der Waals surface area (Å²) in [5.41, 5.74) is 0. The number of rotatable bonds is 5. The molecule has 1 saturated heterocycles. The van der Waals surface area contributed by atoms with Crippen LogP contribution in [0.5, 0.6) is 0 Å². The summed E-state index contributed by atoms with van der Waals surface area (Å²) in [5.74, 6) is -1.26. The number of carbonyl (C=O) groups is 2. The Bertz CT molecular complexity index is 291. The average Bonchev–Trinajstić information content (AvgIpc) is 2.36. The number of aliphatic hydroxyl groups is 1. The van der Waals surface area contributed by atoms with E-state index in [0.717, 1.165) is 19.3 Å². The zero-order valence-electron chi connectivity index (χ0n) is 10.5. The number of nitrogens with zero attached hydrogens (tertiary/aromatic N) is 1. The van der Waals surface area contributed by atoms with Crippen LogP contribution >= 0.6 is 0 Å². The number of carboxylic acids is 1. The summed E-state index contributed by atoms with van der Waals surface area (Å²) in [6.07, 6.45) is 3.03. The van der Waals surface area contributed by atoms with E-state index in [0.29, 0.717) is 13.2 Å². The molecule has 0 aromatic heterocycles. The Morgan fingerprint density at radius 1 is 1.50 bits per heavy atom. The number of aliphatic hydroxyl groups excluding tert-OH is 1. The van der Waals surface area contributed by atoms with Gasteiger partial charge in [-0.05, 0) is 19.3 Å². The Kier molecular flexibility index (Phi) is 5.87. The van der Waals surface area contributed by atoms with Crippen molar-refractivity contribution in [3.63, 3.8) is 0 Å². The standard InChI is InChI=1S/C11H20N2O5/c1-13(6-8-4-2-3-5-18-8)11(17)12-9(7-14)10(15)16/h8-9,14H,2-7H2,1H3,(H,12,17)(H,15,16)/t8?,9-/m0/s1. The van der Waals surface area contributed by atoms with Gasteiger partial charge >= 0.3 is 12.0 Å². The molecule has 0 spiro atoms. The molecular weight excluding hydrogens is 240 g/mol. The van der Waals surface area contributed by atoms with Crippen molar-refractivity contribution < 1.29 is 24.5 Å². The molecule has 0 aliphatic carbocycles. The van der Waals surface area contributed by atoms with Crippen LogP contribution in [0.1, 0.15) is 19.3 Å². The van der Waals surface area contributed by atoms with E-state index in [1.165, 1.54) is 4.90 Å². The monoisotopic (exact) mass is 260 g/mol. The fourth-order valence-electron chi connectivity index (χ4n) is 1.78. The van der Waals surface area contributed by atoms with Gasteiger partial charge in [-0.2, -0.15) is 0 Å². The number of ether oxygens (including phenoxy) is 1. The van der Waals surface area contributed by atoms with Crippen LogP contribution in [0.15, 0.2) is 0 Å². The lowest BCUT2D eigenvalue weighted by Crippen LogP contribution is -2.50. The first-order valence-corrected chi connectivity index (χ1v) is 6.01. The van der Waals surface area contributed by atoms with Gasteiger partial charge in [0.15, 0.2) is 6.04 Å². The number of carbonyl (C=O) groups excluding carboxylic acids is 1. The number of hydrogen-bond donors (Lipinski definition) is 3. The summed E-state index contributed by atoms with van der Waals surface area (Å²) < 4.78 is 5.49. The molecule has 0 radical (unpaired) electrons. The molecule has 1 rings (SSSR count). The molecule has 0 bridgehead atoms. The molecule has 1 aliphatic heterocycles. The second-order valence-electron chi connectivity index (χ2n) is 4.39. The summed E-state index contributed by atoms with van der Waals surface area (Å²) in [5, 5.41) is 19.8. The first-order valence-electron chi connectivity index (χ1n) is 6.01. The molecule has 1 heterocycles. The highest BCUT2D eigenvalue weighted by molar-refractivity contribution is 5.82. The summed E-state index contributed by atoms with van der Waals surface area (Å²) in [6, 6.07) is -1.79. The fourth-order valence-corrected chi connectivity index (χ4v) is 1.78. The van der Waals surface area contributed by atoms with Crippen molar-refractivity contribution in [3.8, 4) is 0 Å². The van der Waals surface area contributed by atoms with Gasteiger partial charge in [0, 0.05) is 20.2 Å². The first-order chi connectivity index (χ1) is 8.54. The lowest BCUT2D eigenvalue weighted by atomic mass is 10.1. The summed E-state index contributed by atoms with van der Waals surface area (Å²) >= 11 is 0. The summed E-state index contributed by atoms with van der Waals surface area (Å²) in [4.78, 5) is 23.7. The Hall–Kier alpha value is -1.34. The molecule has 7 heteroatoms. The van der Waals surface area contributed by atoms with E-state index < -0.39 is 24.6 Å². The molecule has 2 amide bonds. The number of likely N-dealkylation sites (N-methyl/N-ethyl adjacent to an activating group) is 1. The quantitative estimate of drug-likeness (QED) is 0.627. The van der Waals surface area contributed by atoms with Crippen LogP contribution in [-0.2, 0) is 9.53 Å². The van der Waals surface area contributed by atoms with Gasteiger partial charge in [-0.3, -0.25) is 0 Å². The number of amides is 2. The van der Waals surface area contributed by atoms with Gasteiger partial charge in [0.05, 0.1) is 12.7 Å². The van der Waals surface area contributed by atoms with Gasteiger partial charge in [-0.25, -0.2) is 9.59 Å². The first kappa shape index (κ1) is 14.7. The molecule has 18 heavy (non-hydrogen) atoms. The maximum atomic E-state index is 11.7. The highest BCUT2D eigenvalue weighted by Gasteiger charge is 2.23. The van der Waals surface area contributed by atoms with Gasteiger partial charge in [0.2, 0.25) is 0 Å². The van der Waals surface area contributed by atoms with Crippen LogP contribution in [-0.4, -0.2) is 66.1 Å². The van der Waals surface area contributed by atoms with Gasteiger partial charge in [-0.15, -0.1) is 0 Å². The molecule has 7 nitrogen and oxygen atoms in total. The Morgan fingerprint density at radius 2 is 2.22 bits per heavy atom. The second kappa shape index (κ2) is 7.17. The SMILES string of the molecule is CN(CC1CCCCO1)C(=O)N[C@@H](CO)C(=O)O. The van der Waals surface area contributed by atoms with Crippen LogP contribution in [0, 0.1) is 0 Å². The molecule has 3 N–H and O–H groups in total. The highest BCUT2D eigenvalue weighted by atomic mass is 16.5. The van der Waals surface area contributed by atoms with Crippen molar-refractivity contribution in [2.24, 2.45) is 0 Å². The minimum absolute atomic E-state index is 0.00639. The minimum Gasteiger partial charge on any atom is -0.480 e. The third kappa shape index (κ3) is 4.50. The zero-order chi connectivity index (χ0) is 13.5. The third-order valence-corrected chi connectivity index (χ3v) is 2.88. The van der Waals surface area contributed by atoms with Crippen molar-refractivity contribution in [2.45, 2.75) is 31.4 Å². The number of carboxylic acid groups (broad SMARTS) is 1. The molecule has 1 unspecified atom stereocenters. The van der Waals surface area contributed by atoms with E-state index in [-0.39, 0.29) is 6.10 Å². The van der Waals surface area contributed by atoms with Crippen molar-refractivity contribution in [1.82, 2.24) is 10.2 Å². The van der Waals surface area contributed by atoms with Gasteiger partial charge in [0.25, 0.3) is 0 Å². The predicted molar refractivity (Wildman–Crippen MR) is 63.3 cm³/mol. The van der Waals surface area contributed by atoms with E-state index in [1.807, 2.05) is 0 Å². The normalized spacial score (nSPS) is 21.1. The van der Waals surface area contributed by atoms with E-state index in [1.54, 1.807) is 7.05 Å². The van der Waals surface area contributed by atoms with Gasteiger partial charge in [-0.1, -0.05) is 0 Å². The van der Waals surface area contributed by atoms with E-state index in [2.05, 4.69) is 5.32 Å². The van der Waals surface area contributed by atoms with Gasteiger partial charge < -0.3 is 25.2 Å². The molecular formula is C11H20N2O5. The number of aliphatic carboxylic acids is 1. The van der Waals surface area contributed by atoms with E-state index >= 15 is 0 Å². The molecule has 1 aliphatic rings. The topological polar surface area (TPSA) is 99.1 Å². The summed E-state index contributed by atoms with van der Waals surface area (Å²) in [7, 11) is 1.57. The predicted octanol–water partition coefficient (Wildman–Crippen LogP) is -0.358. The van der Waals surface area contributed by atoms with Crippen molar-refractivity contribution in [1.29, 1.82) is 0 Å². The van der Waals surface area contributed by atoms with E-state index in [4.69, 9.17) is 14.9 Å². The maximum absolute atomic E-state index is 11.7. The Labute approximate surface area is 106 Å². The van der Waals surface area contributed by atoms with Crippen LogP contribution < -0.4 is 5.32 Å². The third-order valence-electron chi connectivity index (χ3n) is 2.88. The number of urea groups is 1. The Balaban J connectivity index is 2.37. The maximum Gasteiger partial charge on any atom is 0.328 e. The molecule has 0 aromatic carbocycles. The minimum atomic E-state index is -1.27. The highest BCUT2D eigenvalue weighted by Crippen LogP contribution is 2.13. The van der Waals surface area contributed by atoms with Crippen LogP contribution in [0.2, 0.25) is 0 Å². The van der Waals surface area contributed by atoms with E-state index in [9.17, 15) is 9.59 Å². The molecule has 1 fully saturated rings. The number of nitrogens with one attached hydrogen (secondary N) is 1. The van der Waals surface area contributed by atoms with Gasteiger partial charge in [0.1, 0.15) is 0 Å². The summed E-state index contributed by atoms with van der Waals surface area (Å²) in [6.45, 7) is 0.493.